The Balaban J connectivity index is 2.47. The van der Waals surface area contributed by atoms with Gasteiger partial charge >= 0.3 is 0 Å². The Labute approximate surface area is 146 Å². The number of carbonyl (C=O) groups excluding carboxylic acids is 1. The first-order valence-corrected chi connectivity index (χ1v) is 9.38. The highest BCUT2D eigenvalue weighted by molar-refractivity contribution is 6.30. The second-order valence-electron chi connectivity index (χ2n) is 7.41. The lowest BCUT2D eigenvalue weighted by atomic mass is 9.65. The maximum atomic E-state index is 13.1. The van der Waals surface area contributed by atoms with E-state index in [2.05, 4.69) is 39.1 Å². The highest BCUT2D eigenvalue weighted by Gasteiger charge is 2.48. The van der Waals surface area contributed by atoms with Gasteiger partial charge in [-0.05, 0) is 49.9 Å². The largest absolute Gasteiger partial charge is 0.346 e. The van der Waals surface area contributed by atoms with Crippen LogP contribution in [-0.4, -0.2) is 5.91 Å². The molecule has 2 nitrogen and oxygen atoms in total. The van der Waals surface area contributed by atoms with Gasteiger partial charge in [-0.25, -0.2) is 0 Å². The van der Waals surface area contributed by atoms with Crippen LogP contribution in [0.5, 0.6) is 0 Å². The van der Waals surface area contributed by atoms with Crippen LogP contribution >= 0.6 is 11.6 Å². The van der Waals surface area contributed by atoms with E-state index >= 15 is 0 Å². The maximum absolute atomic E-state index is 13.1. The summed E-state index contributed by atoms with van der Waals surface area (Å²) in [5.74, 6) is 0.176. The van der Waals surface area contributed by atoms with Gasteiger partial charge in [-0.15, -0.1) is 0 Å². The van der Waals surface area contributed by atoms with Crippen molar-refractivity contribution in [3.05, 3.63) is 34.3 Å². The Morgan fingerprint density at radius 1 is 1.00 bits per heavy atom. The number of nitrogens with one attached hydrogen (secondary N) is 1. The number of fused-ring (bicyclic) bond motifs is 1. The first kappa shape index (κ1) is 18.3. The molecule has 1 aromatic rings. The van der Waals surface area contributed by atoms with Gasteiger partial charge in [0.05, 0.1) is 11.0 Å². The van der Waals surface area contributed by atoms with Gasteiger partial charge in [0.1, 0.15) is 0 Å². The third kappa shape index (κ3) is 3.57. The van der Waals surface area contributed by atoms with Crippen LogP contribution in [0.4, 0.5) is 0 Å². The van der Waals surface area contributed by atoms with Crippen molar-refractivity contribution in [3.8, 4) is 0 Å². The van der Waals surface area contributed by atoms with E-state index < -0.39 is 5.41 Å². The second-order valence-corrected chi connectivity index (χ2v) is 7.85. The molecule has 0 radical (unpaired) electrons. The van der Waals surface area contributed by atoms with Gasteiger partial charge in [-0.3, -0.25) is 4.79 Å². The molecule has 1 amide bonds. The lowest BCUT2D eigenvalue weighted by Gasteiger charge is -2.45. The molecule has 0 fully saturated rings. The smallest absolute Gasteiger partial charge is 0.231 e. The molecule has 3 heteroatoms. The van der Waals surface area contributed by atoms with Crippen LogP contribution in [0, 0.1) is 0 Å². The Kier molecular flexibility index (Phi) is 5.78. The third-order valence-electron chi connectivity index (χ3n) is 5.17. The Bertz CT molecular complexity index is 567. The van der Waals surface area contributed by atoms with E-state index in [4.69, 9.17) is 11.6 Å². The van der Waals surface area contributed by atoms with E-state index in [0.717, 1.165) is 36.3 Å². The second kappa shape index (κ2) is 7.25. The molecule has 1 unspecified atom stereocenters. The van der Waals surface area contributed by atoms with Gasteiger partial charge in [0.15, 0.2) is 0 Å². The van der Waals surface area contributed by atoms with Gasteiger partial charge in [0, 0.05) is 5.02 Å². The predicted octanol–water partition coefficient (Wildman–Crippen LogP) is 5.71. The van der Waals surface area contributed by atoms with E-state index in [0.29, 0.717) is 0 Å². The lowest BCUT2D eigenvalue weighted by Crippen LogP contribution is -2.56. The molecular weight excluding hydrogens is 306 g/mol. The Hall–Kier alpha value is -1.02. The topological polar surface area (TPSA) is 29.1 Å². The van der Waals surface area contributed by atoms with Crippen LogP contribution < -0.4 is 5.32 Å². The molecule has 0 saturated carbocycles. The van der Waals surface area contributed by atoms with Crippen LogP contribution in [0.3, 0.4) is 0 Å². The van der Waals surface area contributed by atoms with Crippen LogP contribution in [0.15, 0.2) is 18.2 Å². The molecular formula is C20H30ClNO. The fourth-order valence-corrected chi connectivity index (χ4v) is 4.12. The zero-order valence-electron chi connectivity index (χ0n) is 15.0. The first-order chi connectivity index (χ1) is 10.9. The molecule has 1 N–H and O–H groups in total. The number of rotatable bonds is 7. The first-order valence-electron chi connectivity index (χ1n) is 9.00. The number of benzene rings is 1. The summed E-state index contributed by atoms with van der Waals surface area (Å²) >= 11 is 6.30. The summed E-state index contributed by atoms with van der Waals surface area (Å²) in [4.78, 5) is 13.1. The summed E-state index contributed by atoms with van der Waals surface area (Å²) in [5.41, 5.74) is 1.61. The van der Waals surface area contributed by atoms with E-state index in [9.17, 15) is 4.79 Å². The van der Waals surface area contributed by atoms with Crippen molar-refractivity contribution < 1.29 is 4.79 Å². The van der Waals surface area contributed by atoms with Gasteiger partial charge in [0.2, 0.25) is 5.91 Å². The molecule has 1 atom stereocenters. The minimum absolute atomic E-state index is 0.176. The highest BCUT2D eigenvalue weighted by atomic mass is 35.5. The number of halogens is 1. The van der Waals surface area contributed by atoms with Crippen LogP contribution in [0.1, 0.15) is 83.8 Å². The minimum Gasteiger partial charge on any atom is -0.346 e. The molecule has 0 saturated heterocycles. The molecule has 1 aliphatic heterocycles. The molecule has 1 aliphatic rings. The molecule has 2 rings (SSSR count). The van der Waals surface area contributed by atoms with Crippen molar-refractivity contribution in [2.24, 2.45) is 0 Å². The molecule has 1 aromatic carbocycles. The van der Waals surface area contributed by atoms with Crippen molar-refractivity contribution in [1.82, 2.24) is 5.32 Å². The summed E-state index contributed by atoms with van der Waals surface area (Å²) in [5, 5.41) is 3.99. The van der Waals surface area contributed by atoms with Gasteiger partial charge < -0.3 is 5.32 Å². The average molecular weight is 336 g/mol. The third-order valence-corrected chi connectivity index (χ3v) is 5.40. The average Bonchev–Trinajstić information content (AvgIpc) is 2.48. The standard InChI is InChI=1S/C20H30ClNO/c1-5-7-8-9-13-20(12-6-2)17-14-15(21)10-11-16(17)19(3,4)22-18(20)23/h10-11,14H,5-9,12-13H2,1-4H3,(H,22,23). The zero-order chi connectivity index (χ0) is 17.1. The maximum Gasteiger partial charge on any atom is 0.231 e. The summed E-state index contributed by atoms with van der Waals surface area (Å²) in [6.07, 6.45) is 7.51. The predicted molar refractivity (Wildman–Crippen MR) is 98.0 cm³/mol. The number of amides is 1. The quantitative estimate of drug-likeness (QED) is 0.635. The van der Waals surface area contributed by atoms with Crippen LogP contribution in [0.25, 0.3) is 0 Å². The van der Waals surface area contributed by atoms with E-state index in [1.165, 1.54) is 24.8 Å². The van der Waals surface area contributed by atoms with Crippen molar-refractivity contribution in [2.45, 2.75) is 83.6 Å². The molecule has 0 bridgehead atoms. The van der Waals surface area contributed by atoms with Crippen molar-refractivity contribution in [3.63, 3.8) is 0 Å². The SMILES string of the molecule is CCCCCCC1(CCC)C(=O)NC(C)(C)c2ccc(Cl)cc21. The summed E-state index contributed by atoms with van der Waals surface area (Å²) < 4.78 is 0. The van der Waals surface area contributed by atoms with Crippen molar-refractivity contribution >= 4 is 17.5 Å². The Morgan fingerprint density at radius 2 is 1.74 bits per heavy atom. The van der Waals surface area contributed by atoms with Gasteiger partial charge in [-0.2, -0.15) is 0 Å². The fourth-order valence-electron chi connectivity index (χ4n) is 3.95. The van der Waals surface area contributed by atoms with Crippen molar-refractivity contribution in [1.29, 1.82) is 0 Å². The number of hydrogen-bond donors (Lipinski definition) is 1. The minimum atomic E-state index is -0.418. The zero-order valence-corrected chi connectivity index (χ0v) is 15.7. The normalized spacial score (nSPS) is 22.6. The highest BCUT2D eigenvalue weighted by Crippen LogP contribution is 2.45. The van der Waals surface area contributed by atoms with E-state index in [-0.39, 0.29) is 11.4 Å². The van der Waals surface area contributed by atoms with Crippen LogP contribution in [0.2, 0.25) is 5.02 Å². The molecule has 0 aliphatic carbocycles. The Morgan fingerprint density at radius 3 is 2.39 bits per heavy atom. The summed E-state index contributed by atoms with van der Waals surface area (Å²) in [6, 6.07) is 6.06. The number of hydrogen-bond acceptors (Lipinski definition) is 1. The molecule has 1 heterocycles. The molecule has 0 aromatic heterocycles. The molecule has 0 spiro atoms. The number of unbranched alkanes of at least 4 members (excludes halogenated alkanes) is 3. The van der Waals surface area contributed by atoms with Crippen molar-refractivity contribution in [2.75, 3.05) is 0 Å². The van der Waals surface area contributed by atoms with Gasteiger partial charge in [-0.1, -0.05) is 63.6 Å². The van der Waals surface area contributed by atoms with E-state index in [1.807, 2.05) is 12.1 Å². The summed E-state index contributed by atoms with van der Waals surface area (Å²) in [6.45, 7) is 8.52. The van der Waals surface area contributed by atoms with Crippen LogP contribution in [-0.2, 0) is 15.7 Å². The fraction of sp³-hybridized carbons (Fsp3) is 0.650. The molecule has 128 valence electrons. The molecule has 23 heavy (non-hydrogen) atoms. The van der Waals surface area contributed by atoms with Gasteiger partial charge in [0.25, 0.3) is 0 Å². The summed E-state index contributed by atoms with van der Waals surface area (Å²) in [7, 11) is 0. The monoisotopic (exact) mass is 335 g/mol. The van der Waals surface area contributed by atoms with E-state index in [1.54, 1.807) is 0 Å². The lowest BCUT2D eigenvalue weighted by molar-refractivity contribution is -0.130. The number of carbonyl (C=O) groups is 1.